The smallest absolute Gasteiger partial charge is 0.219 e. The van der Waals surface area contributed by atoms with Crippen molar-refractivity contribution in [3.8, 4) is 23.1 Å². The van der Waals surface area contributed by atoms with Crippen molar-refractivity contribution in [1.29, 1.82) is 0 Å². The second kappa shape index (κ2) is 9.49. The number of H-pyrrole nitrogens is 2. The summed E-state index contributed by atoms with van der Waals surface area (Å²) in [5.41, 5.74) is 5.79. The molecule has 2 aromatic carbocycles. The molecule has 5 aromatic rings. The molecule has 6 rings (SSSR count). The zero-order valence-corrected chi connectivity index (χ0v) is 21.5. The number of pyridine rings is 1. The van der Waals surface area contributed by atoms with E-state index >= 15 is 0 Å². The Morgan fingerprint density at radius 3 is 2.84 bits per heavy atom. The van der Waals surface area contributed by atoms with E-state index in [0.717, 1.165) is 52.0 Å². The summed E-state index contributed by atoms with van der Waals surface area (Å²) >= 11 is 0. The lowest BCUT2D eigenvalue weighted by atomic mass is 10.1. The number of aromatic nitrogens is 5. The molecule has 190 valence electrons. The van der Waals surface area contributed by atoms with Gasteiger partial charge >= 0.3 is 0 Å². The van der Waals surface area contributed by atoms with E-state index < -0.39 is 0 Å². The lowest BCUT2D eigenvalue weighted by molar-refractivity contribution is 0.00880. The fourth-order valence-electron chi connectivity index (χ4n) is 4.91. The first-order valence-corrected chi connectivity index (χ1v) is 12.5. The minimum Gasteiger partial charge on any atom is -0.439 e. The molecule has 9 nitrogen and oxygen atoms in total. The molecule has 2 atom stereocenters. The number of fused-ring (bicyclic) bond motifs is 2. The van der Waals surface area contributed by atoms with E-state index in [0.29, 0.717) is 30.1 Å². The fraction of sp³-hybridized carbons (Fsp3) is 0.321. The Morgan fingerprint density at radius 1 is 1.11 bits per heavy atom. The number of rotatable bonds is 6. The van der Waals surface area contributed by atoms with Gasteiger partial charge < -0.3 is 24.3 Å². The van der Waals surface area contributed by atoms with E-state index in [1.165, 1.54) is 0 Å². The Hall–Kier alpha value is -3.95. The highest BCUT2D eigenvalue weighted by Crippen LogP contribution is 2.32. The molecule has 2 N–H and O–H groups in total. The maximum absolute atomic E-state index is 6.06. The molecule has 37 heavy (non-hydrogen) atoms. The summed E-state index contributed by atoms with van der Waals surface area (Å²) in [5, 5.41) is 8.61. The van der Waals surface area contributed by atoms with Gasteiger partial charge in [0.05, 0.1) is 29.3 Å². The van der Waals surface area contributed by atoms with Crippen molar-refractivity contribution in [3.05, 3.63) is 60.3 Å². The van der Waals surface area contributed by atoms with Crippen LogP contribution in [-0.2, 0) is 4.74 Å². The summed E-state index contributed by atoms with van der Waals surface area (Å²) in [6.07, 6.45) is 1.93. The topological polar surface area (TPSA) is 95.2 Å². The number of nitrogens with one attached hydrogen (secondary N) is 2. The Morgan fingerprint density at radius 2 is 2.00 bits per heavy atom. The van der Waals surface area contributed by atoms with Crippen LogP contribution in [0, 0.1) is 6.92 Å². The van der Waals surface area contributed by atoms with Gasteiger partial charge in [-0.3, -0.25) is 5.10 Å². The molecule has 0 spiro atoms. The van der Waals surface area contributed by atoms with Crippen LogP contribution >= 0.6 is 0 Å². The van der Waals surface area contributed by atoms with Crippen LogP contribution in [0.15, 0.2) is 54.7 Å². The van der Waals surface area contributed by atoms with Gasteiger partial charge in [-0.2, -0.15) is 5.10 Å². The lowest BCUT2D eigenvalue weighted by Crippen LogP contribution is -2.51. The van der Waals surface area contributed by atoms with Gasteiger partial charge in [0, 0.05) is 42.5 Å². The third-order valence-electron chi connectivity index (χ3n) is 6.74. The van der Waals surface area contributed by atoms with Crippen molar-refractivity contribution in [1.82, 2.24) is 30.0 Å². The molecule has 0 aliphatic carbocycles. The SMILES string of the molecule is Cc1ccnc(Oc2ccc3[nH]nc(-c4nc5ccc(N6CC(CN(C)C)OCC6C)cc5[nH]4)c3c2)c1. The van der Waals surface area contributed by atoms with Gasteiger partial charge in [0.25, 0.3) is 0 Å². The standard InChI is InChI=1S/C28H31N7O2/c1-17-9-10-29-26(11-17)37-20-6-8-23-22(13-20)27(33-32-23)28-30-24-7-5-19(12-25(24)31-28)35-15-21(14-34(3)4)36-16-18(35)2/h5-13,18,21H,14-16H2,1-4H3,(H,30,31)(H,32,33). The quantitative estimate of drug-likeness (QED) is 0.349. The molecule has 3 aromatic heterocycles. The van der Waals surface area contributed by atoms with Gasteiger partial charge in [-0.1, -0.05) is 0 Å². The van der Waals surface area contributed by atoms with Gasteiger partial charge in [0.1, 0.15) is 11.4 Å². The zero-order valence-electron chi connectivity index (χ0n) is 21.5. The van der Waals surface area contributed by atoms with E-state index in [1.807, 2.05) is 37.3 Å². The summed E-state index contributed by atoms with van der Waals surface area (Å²) in [7, 11) is 4.16. The predicted octanol–water partition coefficient (Wildman–Crippen LogP) is 4.76. The number of hydrogen-bond donors (Lipinski definition) is 2. The average Bonchev–Trinajstić information content (AvgIpc) is 3.48. The summed E-state index contributed by atoms with van der Waals surface area (Å²) in [6.45, 7) is 6.69. The van der Waals surface area contributed by atoms with E-state index in [-0.39, 0.29) is 6.10 Å². The molecular weight excluding hydrogens is 466 g/mol. The largest absolute Gasteiger partial charge is 0.439 e. The van der Waals surface area contributed by atoms with Crippen molar-refractivity contribution in [2.45, 2.75) is 26.0 Å². The molecule has 1 fully saturated rings. The van der Waals surface area contributed by atoms with Crippen LogP contribution in [0.3, 0.4) is 0 Å². The normalized spacial score (nSPS) is 18.2. The number of aromatic amines is 2. The number of morpholine rings is 1. The number of nitrogens with zero attached hydrogens (tertiary/aromatic N) is 5. The molecule has 0 amide bonds. The van der Waals surface area contributed by atoms with Crippen LogP contribution in [0.25, 0.3) is 33.5 Å². The second-order valence-corrected chi connectivity index (χ2v) is 10.1. The summed E-state index contributed by atoms with van der Waals surface area (Å²) in [5.74, 6) is 1.97. The van der Waals surface area contributed by atoms with E-state index in [2.05, 4.69) is 69.2 Å². The summed E-state index contributed by atoms with van der Waals surface area (Å²) in [6, 6.07) is 16.4. The third kappa shape index (κ3) is 4.75. The van der Waals surface area contributed by atoms with Crippen LogP contribution in [0.1, 0.15) is 12.5 Å². The van der Waals surface area contributed by atoms with E-state index in [4.69, 9.17) is 14.5 Å². The predicted molar refractivity (Wildman–Crippen MR) is 145 cm³/mol. The monoisotopic (exact) mass is 497 g/mol. The van der Waals surface area contributed by atoms with Crippen LogP contribution in [0.2, 0.25) is 0 Å². The number of ether oxygens (including phenoxy) is 2. The summed E-state index contributed by atoms with van der Waals surface area (Å²) < 4.78 is 12.1. The van der Waals surface area contributed by atoms with Crippen LogP contribution in [-0.4, -0.2) is 76.0 Å². The first kappa shape index (κ1) is 23.4. The highest BCUT2D eigenvalue weighted by Gasteiger charge is 2.27. The van der Waals surface area contributed by atoms with Crippen molar-refractivity contribution in [3.63, 3.8) is 0 Å². The van der Waals surface area contributed by atoms with Crippen LogP contribution < -0.4 is 9.64 Å². The number of anilines is 1. The lowest BCUT2D eigenvalue weighted by Gasteiger charge is -2.40. The van der Waals surface area contributed by atoms with Crippen LogP contribution in [0.5, 0.6) is 11.6 Å². The molecule has 1 aliphatic rings. The maximum atomic E-state index is 6.06. The van der Waals surface area contributed by atoms with Crippen molar-refractivity contribution in [2.24, 2.45) is 0 Å². The fourth-order valence-corrected chi connectivity index (χ4v) is 4.91. The molecule has 1 aliphatic heterocycles. The minimum absolute atomic E-state index is 0.182. The van der Waals surface area contributed by atoms with Crippen molar-refractivity contribution < 1.29 is 9.47 Å². The van der Waals surface area contributed by atoms with Crippen molar-refractivity contribution >= 4 is 27.6 Å². The number of aryl methyl sites for hydroxylation is 1. The average molecular weight is 498 g/mol. The Bertz CT molecular complexity index is 1560. The second-order valence-electron chi connectivity index (χ2n) is 10.1. The molecule has 1 saturated heterocycles. The Kier molecular flexibility index (Phi) is 6.02. The minimum atomic E-state index is 0.182. The van der Waals surface area contributed by atoms with E-state index in [1.54, 1.807) is 6.20 Å². The molecule has 9 heteroatoms. The van der Waals surface area contributed by atoms with Gasteiger partial charge in [0.15, 0.2) is 5.82 Å². The molecule has 0 saturated carbocycles. The van der Waals surface area contributed by atoms with Gasteiger partial charge in [-0.05, 0) is 76.0 Å². The summed E-state index contributed by atoms with van der Waals surface area (Å²) in [4.78, 5) is 17.2. The highest BCUT2D eigenvalue weighted by atomic mass is 16.5. The molecule has 4 heterocycles. The van der Waals surface area contributed by atoms with Gasteiger partial charge in [0.2, 0.25) is 5.88 Å². The molecule has 0 radical (unpaired) electrons. The number of benzene rings is 2. The Balaban J connectivity index is 1.30. The molecular formula is C28H31N7O2. The third-order valence-corrected chi connectivity index (χ3v) is 6.74. The van der Waals surface area contributed by atoms with E-state index in [9.17, 15) is 0 Å². The van der Waals surface area contributed by atoms with Gasteiger partial charge in [-0.15, -0.1) is 0 Å². The highest BCUT2D eigenvalue weighted by molar-refractivity contribution is 5.94. The maximum Gasteiger partial charge on any atom is 0.219 e. The number of likely N-dealkylation sites (N-methyl/N-ethyl adjacent to an activating group) is 1. The molecule has 2 unspecified atom stereocenters. The van der Waals surface area contributed by atoms with Gasteiger partial charge in [-0.25, -0.2) is 9.97 Å². The van der Waals surface area contributed by atoms with Crippen molar-refractivity contribution in [2.75, 3.05) is 38.7 Å². The van der Waals surface area contributed by atoms with Crippen LogP contribution in [0.4, 0.5) is 5.69 Å². The zero-order chi connectivity index (χ0) is 25.5. The number of imidazole rings is 1. The first-order valence-electron chi connectivity index (χ1n) is 12.5. The first-order chi connectivity index (χ1) is 17.9. The molecule has 0 bridgehead atoms. The Labute approximate surface area is 215 Å². The number of hydrogen-bond acceptors (Lipinski definition) is 7.